The topological polar surface area (TPSA) is 49.7 Å². The quantitative estimate of drug-likeness (QED) is 0.719. The summed E-state index contributed by atoms with van der Waals surface area (Å²) in [6, 6.07) is 20.4. The molecule has 0 spiro atoms. The minimum atomic E-state index is -0.645. The number of rotatable bonds is 6. The van der Waals surface area contributed by atoms with Gasteiger partial charge in [0, 0.05) is 5.75 Å². The molecule has 0 aliphatic rings. The molecule has 0 heterocycles. The molecule has 21 heavy (non-hydrogen) atoms. The van der Waals surface area contributed by atoms with Crippen molar-refractivity contribution >= 4 is 12.6 Å². The number of benzene rings is 2. The van der Waals surface area contributed by atoms with Crippen LogP contribution in [0.1, 0.15) is 11.1 Å². The van der Waals surface area contributed by atoms with Gasteiger partial charge in [-0.2, -0.15) is 12.6 Å². The second-order valence-electron chi connectivity index (χ2n) is 4.48. The van der Waals surface area contributed by atoms with Crippen LogP contribution in [0.15, 0.2) is 60.7 Å². The Balaban J connectivity index is 0.000000315. The monoisotopic (exact) mass is 306 g/mol. The van der Waals surface area contributed by atoms with Crippen LogP contribution in [0.4, 0.5) is 0 Å². The van der Waals surface area contributed by atoms with E-state index in [2.05, 4.69) is 36.9 Å². The van der Waals surface area contributed by atoms with Gasteiger partial charge < -0.3 is 14.9 Å². The van der Waals surface area contributed by atoms with Crippen LogP contribution in [0.3, 0.4) is 0 Å². The Morgan fingerprint density at radius 2 is 1.29 bits per heavy atom. The molecule has 0 aliphatic carbocycles. The molecule has 0 aromatic heterocycles. The zero-order valence-electron chi connectivity index (χ0n) is 11.9. The highest BCUT2D eigenvalue weighted by molar-refractivity contribution is 7.80. The molecular formula is C17H22O3S. The number of aliphatic hydroxyl groups is 2. The third-order valence-corrected chi connectivity index (χ3v) is 3.07. The van der Waals surface area contributed by atoms with E-state index in [1.165, 1.54) is 11.1 Å². The Labute approximate surface area is 131 Å². The van der Waals surface area contributed by atoms with Crippen molar-refractivity contribution in [1.29, 1.82) is 0 Å². The van der Waals surface area contributed by atoms with Crippen molar-refractivity contribution in [3.05, 3.63) is 71.8 Å². The number of ether oxygens (including phenoxy) is 1. The van der Waals surface area contributed by atoms with Crippen molar-refractivity contribution < 1.29 is 14.9 Å². The molecule has 2 aromatic rings. The maximum absolute atomic E-state index is 8.34. The molecule has 1 atom stereocenters. The molecule has 2 N–H and O–H groups in total. The Kier molecular flexibility index (Phi) is 9.57. The van der Waals surface area contributed by atoms with Crippen LogP contribution >= 0.6 is 12.6 Å². The Bertz CT molecular complexity index is 418. The van der Waals surface area contributed by atoms with Crippen molar-refractivity contribution in [3.8, 4) is 0 Å². The molecular weight excluding hydrogens is 284 g/mol. The Morgan fingerprint density at radius 3 is 1.57 bits per heavy atom. The van der Waals surface area contributed by atoms with E-state index in [1.807, 2.05) is 36.4 Å². The number of hydrogen-bond donors (Lipinski definition) is 3. The molecule has 4 heteroatoms. The van der Waals surface area contributed by atoms with Gasteiger partial charge in [0.2, 0.25) is 0 Å². The molecule has 114 valence electrons. The highest BCUT2D eigenvalue weighted by Gasteiger charge is 1.93. The summed E-state index contributed by atoms with van der Waals surface area (Å²) in [7, 11) is 0. The molecule has 0 bridgehead atoms. The minimum Gasteiger partial charge on any atom is -0.394 e. The van der Waals surface area contributed by atoms with E-state index in [9.17, 15) is 0 Å². The lowest BCUT2D eigenvalue weighted by atomic mass is 10.2. The molecule has 3 nitrogen and oxygen atoms in total. The zero-order valence-corrected chi connectivity index (χ0v) is 12.8. The van der Waals surface area contributed by atoms with Crippen molar-refractivity contribution in [2.45, 2.75) is 19.3 Å². The molecule has 1 unspecified atom stereocenters. The summed E-state index contributed by atoms with van der Waals surface area (Å²) in [4.78, 5) is 0. The molecule has 2 aromatic carbocycles. The van der Waals surface area contributed by atoms with E-state index in [-0.39, 0.29) is 6.61 Å². The second-order valence-corrected chi connectivity index (χ2v) is 4.85. The van der Waals surface area contributed by atoms with E-state index in [0.717, 1.165) is 0 Å². The fourth-order valence-corrected chi connectivity index (χ4v) is 1.61. The Morgan fingerprint density at radius 1 is 0.857 bits per heavy atom. The molecule has 2 rings (SSSR count). The SMILES string of the molecule is OCC(O)CS.c1ccc(COCc2ccccc2)cc1. The van der Waals surface area contributed by atoms with Gasteiger partial charge in [-0.3, -0.25) is 0 Å². The van der Waals surface area contributed by atoms with E-state index in [4.69, 9.17) is 14.9 Å². The van der Waals surface area contributed by atoms with Gasteiger partial charge in [-0.1, -0.05) is 60.7 Å². The van der Waals surface area contributed by atoms with Gasteiger partial charge in [0.15, 0.2) is 0 Å². The van der Waals surface area contributed by atoms with Crippen molar-refractivity contribution in [2.24, 2.45) is 0 Å². The van der Waals surface area contributed by atoms with E-state index < -0.39 is 6.10 Å². The van der Waals surface area contributed by atoms with Crippen molar-refractivity contribution in [3.63, 3.8) is 0 Å². The highest BCUT2D eigenvalue weighted by atomic mass is 32.1. The van der Waals surface area contributed by atoms with Gasteiger partial charge in [0.25, 0.3) is 0 Å². The van der Waals surface area contributed by atoms with E-state index >= 15 is 0 Å². The molecule has 0 amide bonds. The summed E-state index contributed by atoms with van der Waals surface area (Å²) in [5.41, 5.74) is 2.43. The number of aliphatic hydroxyl groups excluding tert-OH is 2. The summed E-state index contributed by atoms with van der Waals surface area (Å²) < 4.78 is 5.61. The lowest BCUT2D eigenvalue weighted by Gasteiger charge is -2.03. The number of hydrogen-bond acceptors (Lipinski definition) is 4. The predicted molar refractivity (Wildman–Crippen MR) is 88.3 cm³/mol. The summed E-state index contributed by atoms with van der Waals surface area (Å²) in [6.07, 6.45) is -0.645. The summed E-state index contributed by atoms with van der Waals surface area (Å²) in [5, 5.41) is 16.4. The zero-order chi connectivity index (χ0) is 15.3. The van der Waals surface area contributed by atoms with Gasteiger partial charge in [-0.15, -0.1) is 0 Å². The lowest BCUT2D eigenvalue weighted by molar-refractivity contribution is 0.107. The van der Waals surface area contributed by atoms with Crippen LogP contribution in [0, 0.1) is 0 Å². The van der Waals surface area contributed by atoms with Crippen LogP contribution in [0.25, 0.3) is 0 Å². The first kappa shape index (κ1) is 17.7. The molecule has 0 saturated heterocycles. The lowest BCUT2D eigenvalue weighted by Crippen LogP contribution is -2.12. The highest BCUT2D eigenvalue weighted by Crippen LogP contribution is 2.05. The third kappa shape index (κ3) is 8.52. The van der Waals surface area contributed by atoms with Crippen LogP contribution in [-0.2, 0) is 18.0 Å². The first-order chi connectivity index (χ1) is 10.3. The summed E-state index contributed by atoms with van der Waals surface area (Å²) in [5.74, 6) is 0.330. The average Bonchev–Trinajstić information content (AvgIpc) is 2.56. The summed E-state index contributed by atoms with van der Waals surface area (Å²) in [6.45, 7) is 1.16. The standard InChI is InChI=1S/C14H14O.C3H8O2S/c1-3-7-13(8-4-1)11-15-12-14-9-5-2-6-10-14;4-1-3(5)2-6/h1-10H,11-12H2;3-6H,1-2H2. The maximum Gasteiger partial charge on any atom is 0.0858 e. The predicted octanol–water partition coefficient (Wildman–Crippen LogP) is 2.67. The van der Waals surface area contributed by atoms with Crippen LogP contribution in [0.5, 0.6) is 0 Å². The largest absolute Gasteiger partial charge is 0.394 e. The third-order valence-electron chi connectivity index (χ3n) is 2.64. The molecule has 0 saturated carbocycles. The first-order valence-corrected chi connectivity index (χ1v) is 7.45. The Hall–Kier alpha value is -1.33. The smallest absolute Gasteiger partial charge is 0.0858 e. The van der Waals surface area contributed by atoms with Crippen molar-refractivity contribution in [2.75, 3.05) is 12.4 Å². The van der Waals surface area contributed by atoms with Gasteiger partial charge in [0.05, 0.1) is 25.9 Å². The molecule has 0 radical (unpaired) electrons. The second kappa shape index (κ2) is 11.3. The van der Waals surface area contributed by atoms with Crippen LogP contribution in [0.2, 0.25) is 0 Å². The molecule has 0 aliphatic heterocycles. The van der Waals surface area contributed by atoms with Gasteiger partial charge >= 0.3 is 0 Å². The average molecular weight is 306 g/mol. The van der Waals surface area contributed by atoms with Crippen LogP contribution < -0.4 is 0 Å². The van der Waals surface area contributed by atoms with Gasteiger partial charge in [-0.25, -0.2) is 0 Å². The number of thiol groups is 1. The minimum absolute atomic E-state index is 0.191. The van der Waals surface area contributed by atoms with Gasteiger partial charge in [0.1, 0.15) is 0 Å². The van der Waals surface area contributed by atoms with E-state index in [1.54, 1.807) is 0 Å². The van der Waals surface area contributed by atoms with E-state index in [0.29, 0.717) is 19.0 Å². The van der Waals surface area contributed by atoms with Crippen LogP contribution in [-0.4, -0.2) is 28.7 Å². The van der Waals surface area contributed by atoms with Crippen molar-refractivity contribution in [1.82, 2.24) is 0 Å². The normalized spacial score (nSPS) is 11.4. The summed E-state index contributed by atoms with van der Waals surface area (Å²) >= 11 is 3.69. The fraction of sp³-hybridized carbons (Fsp3) is 0.294. The van der Waals surface area contributed by atoms with Gasteiger partial charge in [-0.05, 0) is 11.1 Å². The first-order valence-electron chi connectivity index (χ1n) is 6.81. The maximum atomic E-state index is 8.34. The molecule has 0 fully saturated rings. The fourth-order valence-electron chi connectivity index (χ4n) is 1.49.